The molecule has 6 heteroatoms. The number of amides is 1. The van der Waals surface area contributed by atoms with Crippen molar-refractivity contribution < 1.29 is 23.8 Å². The van der Waals surface area contributed by atoms with E-state index in [0.29, 0.717) is 36.8 Å². The molecule has 1 N–H and O–H groups in total. The predicted octanol–water partition coefficient (Wildman–Crippen LogP) is 1.94. The Hall–Kier alpha value is -2.50. The average molecular weight is 307 g/mol. The van der Waals surface area contributed by atoms with Crippen LogP contribution >= 0.6 is 0 Å². The highest BCUT2D eigenvalue weighted by molar-refractivity contribution is 5.92. The van der Waals surface area contributed by atoms with E-state index in [2.05, 4.69) is 11.9 Å². The van der Waals surface area contributed by atoms with Gasteiger partial charge in [0.1, 0.15) is 0 Å². The van der Waals surface area contributed by atoms with Crippen LogP contribution in [0.5, 0.6) is 11.5 Å². The van der Waals surface area contributed by atoms with Crippen molar-refractivity contribution in [1.29, 1.82) is 0 Å². The van der Waals surface area contributed by atoms with Crippen LogP contribution < -0.4 is 14.8 Å². The van der Waals surface area contributed by atoms with Crippen molar-refractivity contribution in [2.75, 3.05) is 26.4 Å². The zero-order valence-corrected chi connectivity index (χ0v) is 12.9. The number of rotatable bonds is 9. The molecule has 1 aromatic carbocycles. The number of hydrogen-bond acceptors (Lipinski definition) is 5. The van der Waals surface area contributed by atoms with E-state index in [4.69, 9.17) is 14.2 Å². The number of nitrogens with one attached hydrogen (secondary N) is 1. The van der Waals surface area contributed by atoms with Crippen LogP contribution in [0.3, 0.4) is 0 Å². The molecule has 0 aliphatic rings. The quantitative estimate of drug-likeness (QED) is 0.557. The van der Waals surface area contributed by atoms with Gasteiger partial charge in [0.2, 0.25) is 0 Å². The van der Waals surface area contributed by atoms with E-state index in [1.165, 1.54) is 0 Å². The van der Waals surface area contributed by atoms with Crippen LogP contribution in [-0.4, -0.2) is 38.2 Å². The van der Waals surface area contributed by atoms with E-state index >= 15 is 0 Å². The fourth-order valence-electron chi connectivity index (χ4n) is 1.63. The first-order chi connectivity index (χ1) is 10.6. The Labute approximate surface area is 130 Å². The average Bonchev–Trinajstić information content (AvgIpc) is 2.52. The molecule has 1 amide bonds. The van der Waals surface area contributed by atoms with Crippen LogP contribution in [0, 0.1) is 0 Å². The highest BCUT2D eigenvalue weighted by atomic mass is 16.5. The molecule has 0 bridgehead atoms. The van der Waals surface area contributed by atoms with E-state index in [1.807, 2.05) is 13.8 Å². The third kappa shape index (κ3) is 5.47. The standard InChI is InChI=1S/C16H21NO5/c1-4-9-17-15(18)11-22-16(19)12-7-8-13(20-5-2)14(10-12)21-6-3/h4,7-8,10H,1,5-6,9,11H2,2-3H3,(H,17,18). The second-order valence-corrected chi connectivity index (χ2v) is 4.20. The Bertz CT molecular complexity index is 527. The van der Waals surface area contributed by atoms with E-state index in [-0.39, 0.29) is 12.5 Å². The van der Waals surface area contributed by atoms with Crippen molar-refractivity contribution >= 4 is 11.9 Å². The lowest BCUT2D eigenvalue weighted by molar-refractivity contribution is -0.124. The Kier molecular flexibility index (Phi) is 7.53. The van der Waals surface area contributed by atoms with Crippen LogP contribution in [0.15, 0.2) is 30.9 Å². The van der Waals surface area contributed by atoms with Gasteiger partial charge in [0.05, 0.1) is 18.8 Å². The minimum Gasteiger partial charge on any atom is -0.490 e. The Balaban J connectivity index is 2.70. The van der Waals surface area contributed by atoms with Crippen molar-refractivity contribution in [3.8, 4) is 11.5 Å². The molecule has 0 fully saturated rings. The summed E-state index contributed by atoms with van der Waals surface area (Å²) in [6.07, 6.45) is 1.54. The Morgan fingerprint density at radius 3 is 2.50 bits per heavy atom. The molecule has 0 atom stereocenters. The molecule has 0 unspecified atom stereocenters. The van der Waals surface area contributed by atoms with Crippen molar-refractivity contribution in [2.24, 2.45) is 0 Å². The molecular weight excluding hydrogens is 286 g/mol. The number of carbonyl (C=O) groups excluding carboxylic acids is 2. The second-order valence-electron chi connectivity index (χ2n) is 4.20. The van der Waals surface area contributed by atoms with Crippen molar-refractivity contribution in [3.63, 3.8) is 0 Å². The first-order valence-corrected chi connectivity index (χ1v) is 7.06. The first kappa shape index (κ1) is 17.6. The third-order valence-electron chi connectivity index (χ3n) is 2.56. The summed E-state index contributed by atoms with van der Waals surface area (Å²) in [4.78, 5) is 23.3. The minimum atomic E-state index is -0.599. The van der Waals surface area contributed by atoms with Crippen molar-refractivity contribution in [3.05, 3.63) is 36.4 Å². The van der Waals surface area contributed by atoms with E-state index in [1.54, 1.807) is 24.3 Å². The molecule has 22 heavy (non-hydrogen) atoms. The van der Waals surface area contributed by atoms with Gasteiger partial charge in [-0.3, -0.25) is 4.79 Å². The molecule has 0 aliphatic carbocycles. The summed E-state index contributed by atoms with van der Waals surface area (Å²) in [5.74, 6) is 0.0431. The molecule has 1 aromatic rings. The van der Waals surface area contributed by atoms with Gasteiger partial charge in [0.25, 0.3) is 5.91 Å². The number of hydrogen-bond donors (Lipinski definition) is 1. The minimum absolute atomic E-state index is 0.295. The molecule has 0 saturated carbocycles. The molecule has 0 radical (unpaired) electrons. The van der Waals surface area contributed by atoms with Crippen LogP contribution in [0.4, 0.5) is 0 Å². The van der Waals surface area contributed by atoms with Crippen LogP contribution in [0.25, 0.3) is 0 Å². The molecule has 0 aromatic heterocycles. The summed E-state index contributed by atoms with van der Waals surface area (Å²) in [6.45, 7) is 8.10. The topological polar surface area (TPSA) is 73.9 Å². The van der Waals surface area contributed by atoms with Gasteiger partial charge < -0.3 is 19.5 Å². The lowest BCUT2D eigenvalue weighted by Crippen LogP contribution is -2.28. The summed E-state index contributed by atoms with van der Waals surface area (Å²) in [7, 11) is 0. The van der Waals surface area contributed by atoms with Gasteiger partial charge in [-0.05, 0) is 32.0 Å². The molecular formula is C16H21NO5. The Morgan fingerprint density at radius 2 is 1.86 bits per heavy atom. The highest BCUT2D eigenvalue weighted by Gasteiger charge is 2.14. The summed E-state index contributed by atoms with van der Waals surface area (Å²) < 4.78 is 15.8. The van der Waals surface area contributed by atoms with Crippen LogP contribution in [0.2, 0.25) is 0 Å². The lowest BCUT2D eigenvalue weighted by Gasteiger charge is -2.12. The normalized spacial score (nSPS) is 9.73. The maximum atomic E-state index is 11.9. The summed E-state index contributed by atoms with van der Waals surface area (Å²) >= 11 is 0. The highest BCUT2D eigenvalue weighted by Crippen LogP contribution is 2.28. The largest absolute Gasteiger partial charge is 0.490 e. The van der Waals surface area contributed by atoms with Crippen molar-refractivity contribution in [2.45, 2.75) is 13.8 Å². The van der Waals surface area contributed by atoms with Crippen molar-refractivity contribution in [1.82, 2.24) is 5.32 Å². The zero-order valence-electron chi connectivity index (χ0n) is 12.9. The van der Waals surface area contributed by atoms with Gasteiger partial charge >= 0.3 is 5.97 Å². The second kappa shape index (κ2) is 9.44. The van der Waals surface area contributed by atoms with E-state index in [9.17, 15) is 9.59 Å². The summed E-state index contributed by atoms with van der Waals surface area (Å²) in [5.41, 5.74) is 0.295. The summed E-state index contributed by atoms with van der Waals surface area (Å²) in [5, 5.41) is 2.52. The van der Waals surface area contributed by atoms with Gasteiger partial charge in [-0.1, -0.05) is 6.08 Å². The lowest BCUT2D eigenvalue weighted by atomic mass is 10.2. The molecule has 0 aliphatic heterocycles. The van der Waals surface area contributed by atoms with Gasteiger partial charge in [-0.25, -0.2) is 4.79 Å². The van der Waals surface area contributed by atoms with E-state index in [0.717, 1.165) is 0 Å². The third-order valence-corrected chi connectivity index (χ3v) is 2.56. The maximum Gasteiger partial charge on any atom is 0.338 e. The van der Waals surface area contributed by atoms with Crippen LogP contribution in [0.1, 0.15) is 24.2 Å². The maximum absolute atomic E-state index is 11.9. The fraction of sp³-hybridized carbons (Fsp3) is 0.375. The fourth-order valence-corrected chi connectivity index (χ4v) is 1.63. The van der Waals surface area contributed by atoms with E-state index < -0.39 is 5.97 Å². The van der Waals surface area contributed by atoms with Gasteiger partial charge in [0, 0.05) is 6.54 Å². The molecule has 1 rings (SSSR count). The summed E-state index contributed by atoms with van der Waals surface area (Å²) in [6, 6.07) is 4.75. The van der Waals surface area contributed by atoms with Gasteiger partial charge in [-0.2, -0.15) is 0 Å². The van der Waals surface area contributed by atoms with Gasteiger partial charge in [-0.15, -0.1) is 6.58 Å². The van der Waals surface area contributed by atoms with Crippen LogP contribution in [-0.2, 0) is 9.53 Å². The molecule has 0 spiro atoms. The number of benzene rings is 1. The van der Waals surface area contributed by atoms with Gasteiger partial charge in [0.15, 0.2) is 18.1 Å². The number of esters is 1. The zero-order chi connectivity index (χ0) is 16.4. The Morgan fingerprint density at radius 1 is 1.18 bits per heavy atom. The number of carbonyl (C=O) groups is 2. The molecule has 120 valence electrons. The monoisotopic (exact) mass is 307 g/mol. The number of ether oxygens (including phenoxy) is 3. The first-order valence-electron chi connectivity index (χ1n) is 7.06. The molecule has 0 heterocycles. The SMILES string of the molecule is C=CCNC(=O)COC(=O)c1ccc(OCC)c(OCC)c1. The smallest absolute Gasteiger partial charge is 0.338 e. The molecule has 6 nitrogen and oxygen atoms in total. The predicted molar refractivity (Wildman–Crippen MR) is 82.3 cm³/mol. The molecule has 0 saturated heterocycles.